The summed E-state index contributed by atoms with van der Waals surface area (Å²) in [6, 6.07) is 8.90. The third kappa shape index (κ3) is 10.1. The summed E-state index contributed by atoms with van der Waals surface area (Å²) in [4.78, 5) is 4.53. The molecule has 0 bridgehead atoms. The topological polar surface area (TPSA) is 88.5 Å². The summed E-state index contributed by atoms with van der Waals surface area (Å²) >= 11 is 0. The maximum atomic E-state index is 13.4. The van der Waals surface area contributed by atoms with Crippen molar-refractivity contribution in [2.24, 2.45) is 16.6 Å². The number of amidine groups is 1. The zero-order valence-corrected chi connectivity index (χ0v) is 21.3. The number of nitrogen functional groups attached to an aromatic ring is 1. The second-order valence-electron chi connectivity index (χ2n) is 9.04. The maximum absolute atomic E-state index is 13.4. The fourth-order valence-electron chi connectivity index (χ4n) is 3.42. The van der Waals surface area contributed by atoms with Gasteiger partial charge in [-0.2, -0.15) is 26.3 Å². The van der Waals surface area contributed by atoms with Crippen LogP contribution in [0.4, 0.5) is 37.7 Å². The van der Waals surface area contributed by atoms with Crippen LogP contribution in [0.15, 0.2) is 71.4 Å². The van der Waals surface area contributed by atoms with Gasteiger partial charge in [0.15, 0.2) is 0 Å². The number of anilines is 2. The highest BCUT2D eigenvalue weighted by molar-refractivity contribution is 6.11. The van der Waals surface area contributed by atoms with Gasteiger partial charge in [0.05, 0.1) is 12.1 Å². The first-order valence-electron chi connectivity index (χ1n) is 12.0. The summed E-state index contributed by atoms with van der Waals surface area (Å²) in [5.74, 6) is 0.831. The monoisotopic (exact) mass is 541 g/mol. The number of alkyl halides is 6. The minimum absolute atomic E-state index is 0.171. The lowest BCUT2D eigenvalue weighted by molar-refractivity contribution is -0.137. The molecule has 0 saturated carbocycles. The highest BCUT2D eigenvalue weighted by atomic mass is 19.4. The fraction of sp³-hybridized carbons (Fsp3) is 0.370. The van der Waals surface area contributed by atoms with Crippen molar-refractivity contribution in [1.82, 2.24) is 5.32 Å². The first-order chi connectivity index (χ1) is 17.8. The first-order valence-corrected chi connectivity index (χ1v) is 12.0. The molecule has 0 heterocycles. The minimum atomic E-state index is -4.55. The van der Waals surface area contributed by atoms with Crippen molar-refractivity contribution in [3.63, 3.8) is 0 Å². The summed E-state index contributed by atoms with van der Waals surface area (Å²) in [7, 11) is 0. The number of benzene rings is 2. The fourth-order valence-corrected chi connectivity index (χ4v) is 3.42. The Hall–Kier alpha value is -3.47. The molecule has 0 unspecified atom stereocenters. The first kappa shape index (κ1) is 30.8. The molecule has 0 aliphatic carbocycles. The van der Waals surface area contributed by atoms with Crippen molar-refractivity contribution in [3.8, 4) is 0 Å². The van der Waals surface area contributed by atoms with Gasteiger partial charge in [-0.3, -0.25) is 4.99 Å². The van der Waals surface area contributed by atoms with E-state index < -0.39 is 29.9 Å². The van der Waals surface area contributed by atoms with Crippen LogP contribution in [0.2, 0.25) is 0 Å². The summed E-state index contributed by atoms with van der Waals surface area (Å²) < 4.78 is 78.9. The standard InChI is InChI=1S/C27H33F6N5/c1-18(2)11-13-36-14-15-37-25(38-22-8-6-20(7-9-22)26(28,29)30)23-10-5-19(17-24(23)35)16-21(4-3-12-34)27(31,32)33/h3-10,12,17-18,36H,11,13-16,34-35H2,1-2H3,(H,37,38)/b12-3-,21-4+. The van der Waals surface area contributed by atoms with Crippen LogP contribution in [0.3, 0.4) is 0 Å². The molecule has 2 aromatic carbocycles. The van der Waals surface area contributed by atoms with Gasteiger partial charge in [0.2, 0.25) is 0 Å². The molecule has 38 heavy (non-hydrogen) atoms. The highest BCUT2D eigenvalue weighted by Gasteiger charge is 2.33. The Morgan fingerprint density at radius 1 is 1.00 bits per heavy atom. The Morgan fingerprint density at radius 2 is 1.68 bits per heavy atom. The van der Waals surface area contributed by atoms with E-state index in [2.05, 4.69) is 29.5 Å². The maximum Gasteiger partial charge on any atom is 0.416 e. The molecule has 2 aromatic rings. The van der Waals surface area contributed by atoms with E-state index in [0.717, 1.165) is 43.5 Å². The van der Waals surface area contributed by atoms with Crippen molar-refractivity contribution in [2.45, 2.75) is 39.0 Å². The Morgan fingerprint density at radius 3 is 2.24 bits per heavy atom. The highest BCUT2D eigenvalue weighted by Crippen LogP contribution is 2.31. The van der Waals surface area contributed by atoms with Gasteiger partial charge in [0.25, 0.3) is 0 Å². The number of hydrogen-bond acceptors (Lipinski definition) is 4. The molecule has 208 valence electrons. The van der Waals surface area contributed by atoms with Crippen LogP contribution in [0.1, 0.15) is 37.0 Å². The molecule has 2 rings (SSSR count). The average Bonchev–Trinajstić information content (AvgIpc) is 2.82. The van der Waals surface area contributed by atoms with E-state index in [-0.39, 0.29) is 11.5 Å². The lowest BCUT2D eigenvalue weighted by Gasteiger charge is -2.16. The smallest absolute Gasteiger partial charge is 0.405 e. The van der Waals surface area contributed by atoms with Crippen LogP contribution in [-0.4, -0.2) is 31.6 Å². The molecule has 0 amide bonds. The molecule has 0 aliphatic heterocycles. The molecular weight excluding hydrogens is 508 g/mol. The number of rotatable bonds is 11. The molecule has 5 nitrogen and oxygen atoms in total. The predicted molar refractivity (Wildman–Crippen MR) is 141 cm³/mol. The largest absolute Gasteiger partial charge is 0.416 e. The van der Waals surface area contributed by atoms with E-state index in [4.69, 9.17) is 11.5 Å². The van der Waals surface area contributed by atoms with Gasteiger partial charge in [0, 0.05) is 35.5 Å². The van der Waals surface area contributed by atoms with Crippen molar-refractivity contribution < 1.29 is 26.3 Å². The Balaban J connectivity index is 2.30. The van der Waals surface area contributed by atoms with E-state index in [1.54, 1.807) is 6.07 Å². The molecule has 6 N–H and O–H groups in total. The van der Waals surface area contributed by atoms with Gasteiger partial charge < -0.3 is 22.1 Å². The Kier molecular flexibility index (Phi) is 11.2. The van der Waals surface area contributed by atoms with E-state index in [9.17, 15) is 26.3 Å². The normalized spacial score (nSPS) is 13.5. The van der Waals surface area contributed by atoms with Crippen molar-refractivity contribution in [3.05, 3.63) is 83.1 Å². The summed E-state index contributed by atoms with van der Waals surface area (Å²) in [6.45, 7) is 5.92. The minimum Gasteiger partial charge on any atom is -0.405 e. The molecule has 0 radical (unpaired) electrons. The van der Waals surface area contributed by atoms with Crippen molar-refractivity contribution >= 4 is 17.2 Å². The molecule has 0 saturated heterocycles. The lowest BCUT2D eigenvalue weighted by Crippen LogP contribution is -2.22. The summed E-state index contributed by atoms with van der Waals surface area (Å²) in [6.07, 6.45) is -5.44. The van der Waals surface area contributed by atoms with Gasteiger partial charge in [-0.15, -0.1) is 0 Å². The van der Waals surface area contributed by atoms with Crippen LogP contribution in [0.25, 0.3) is 0 Å². The molecule has 0 spiro atoms. The van der Waals surface area contributed by atoms with Crippen molar-refractivity contribution in [1.29, 1.82) is 0 Å². The second-order valence-corrected chi connectivity index (χ2v) is 9.04. The number of hydrogen-bond donors (Lipinski definition) is 4. The quantitative estimate of drug-likeness (QED) is 0.0673. The number of nitrogens with one attached hydrogen (secondary N) is 2. The van der Waals surface area contributed by atoms with E-state index in [1.807, 2.05) is 0 Å². The van der Waals surface area contributed by atoms with E-state index >= 15 is 0 Å². The number of aliphatic imine (C=N–C) groups is 1. The lowest BCUT2D eigenvalue weighted by atomic mass is 10.0. The van der Waals surface area contributed by atoms with Gasteiger partial charge in [-0.1, -0.05) is 26.0 Å². The third-order valence-corrected chi connectivity index (χ3v) is 5.47. The van der Waals surface area contributed by atoms with Crippen LogP contribution < -0.4 is 22.1 Å². The summed E-state index contributed by atoms with van der Waals surface area (Å²) in [5, 5.41) is 6.27. The van der Waals surface area contributed by atoms with E-state index in [0.29, 0.717) is 35.8 Å². The van der Waals surface area contributed by atoms with Crippen LogP contribution in [-0.2, 0) is 12.6 Å². The number of nitrogens with two attached hydrogens (primary N) is 2. The summed E-state index contributed by atoms with van der Waals surface area (Å²) in [5.41, 5.74) is 11.0. The second kappa shape index (κ2) is 13.9. The van der Waals surface area contributed by atoms with Crippen molar-refractivity contribution in [2.75, 3.05) is 30.7 Å². The zero-order valence-electron chi connectivity index (χ0n) is 21.3. The number of nitrogens with zero attached hydrogens (tertiary/aromatic N) is 1. The SMILES string of the molecule is CC(C)CCNCCN=C(Nc1ccc(C(F)(F)F)cc1)c1ccc(C/C(=C\C=C/N)C(F)(F)F)cc1N. The molecule has 0 aromatic heterocycles. The number of allylic oxidation sites excluding steroid dienone is 3. The number of halogens is 6. The van der Waals surface area contributed by atoms with Gasteiger partial charge in [0.1, 0.15) is 5.84 Å². The third-order valence-electron chi connectivity index (χ3n) is 5.47. The van der Waals surface area contributed by atoms with Crippen LogP contribution >= 0.6 is 0 Å². The molecule has 11 heteroatoms. The van der Waals surface area contributed by atoms with E-state index in [1.165, 1.54) is 24.3 Å². The molecule has 0 fully saturated rings. The molecule has 0 atom stereocenters. The molecular formula is C27H33F6N5. The Bertz CT molecular complexity index is 1120. The Labute approximate surface area is 218 Å². The van der Waals surface area contributed by atoms with Gasteiger partial charge >= 0.3 is 12.4 Å². The average molecular weight is 542 g/mol. The predicted octanol–water partition coefficient (Wildman–Crippen LogP) is 6.29. The van der Waals surface area contributed by atoms with Crippen LogP contribution in [0.5, 0.6) is 0 Å². The van der Waals surface area contributed by atoms with Gasteiger partial charge in [-0.25, -0.2) is 0 Å². The van der Waals surface area contributed by atoms with Crippen LogP contribution in [0, 0.1) is 5.92 Å². The zero-order chi connectivity index (χ0) is 28.3. The molecule has 0 aliphatic rings. The van der Waals surface area contributed by atoms with Gasteiger partial charge in [-0.05, 0) is 73.1 Å².